The Labute approximate surface area is 110 Å². The molecule has 2 atom stereocenters. The van der Waals surface area contributed by atoms with Gasteiger partial charge in [0.15, 0.2) is 0 Å². The summed E-state index contributed by atoms with van der Waals surface area (Å²) in [6.07, 6.45) is 1.19. The fraction of sp³-hybridized carbons (Fsp3) is 0.600. The molecule has 2 unspecified atom stereocenters. The molecule has 0 saturated heterocycles. The molecule has 0 radical (unpaired) electrons. The van der Waals surface area contributed by atoms with E-state index in [1.807, 2.05) is 12.1 Å². The first-order valence-electron chi connectivity index (χ1n) is 6.65. The van der Waals surface area contributed by atoms with Crippen molar-refractivity contribution in [3.8, 4) is 5.75 Å². The monoisotopic (exact) mass is 251 g/mol. The summed E-state index contributed by atoms with van der Waals surface area (Å²) >= 11 is 0. The van der Waals surface area contributed by atoms with Crippen molar-refractivity contribution in [2.45, 2.75) is 33.2 Å². The normalized spacial score (nSPS) is 14.0. The summed E-state index contributed by atoms with van der Waals surface area (Å²) in [6.45, 7) is 7.91. The smallest absolute Gasteiger partial charge is 0.119 e. The van der Waals surface area contributed by atoms with E-state index in [0.29, 0.717) is 25.2 Å². The zero-order valence-corrected chi connectivity index (χ0v) is 11.9. The third-order valence-corrected chi connectivity index (χ3v) is 3.30. The summed E-state index contributed by atoms with van der Waals surface area (Å²) in [5.74, 6) is 1.55. The van der Waals surface area contributed by atoms with Crippen molar-refractivity contribution < 1.29 is 9.47 Å². The predicted molar refractivity (Wildman–Crippen MR) is 76.4 cm³/mol. The van der Waals surface area contributed by atoms with Gasteiger partial charge in [-0.1, -0.05) is 20.3 Å². The van der Waals surface area contributed by atoms with E-state index in [9.17, 15) is 0 Å². The molecule has 102 valence electrons. The molecular weight excluding hydrogens is 226 g/mol. The molecule has 1 aromatic carbocycles. The zero-order valence-electron chi connectivity index (χ0n) is 11.9. The van der Waals surface area contributed by atoms with Gasteiger partial charge >= 0.3 is 0 Å². The summed E-state index contributed by atoms with van der Waals surface area (Å²) in [4.78, 5) is 0. The van der Waals surface area contributed by atoms with Gasteiger partial charge in [-0.25, -0.2) is 0 Å². The molecule has 0 spiro atoms. The van der Waals surface area contributed by atoms with Crippen LogP contribution in [-0.2, 0) is 4.74 Å². The molecule has 3 nitrogen and oxygen atoms in total. The van der Waals surface area contributed by atoms with Gasteiger partial charge in [-0.05, 0) is 37.1 Å². The van der Waals surface area contributed by atoms with Crippen LogP contribution in [0.15, 0.2) is 24.3 Å². The Morgan fingerprint density at radius 3 is 2.33 bits per heavy atom. The summed E-state index contributed by atoms with van der Waals surface area (Å²) in [5.41, 5.74) is 1.14. The first-order valence-corrected chi connectivity index (χ1v) is 6.65. The predicted octanol–water partition coefficient (Wildman–Crippen LogP) is 3.56. The highest BCUT2D eigenvalue weighted by Crippen LogP contribution is 2.18. The number of benzene rings is 1. The fourth-order valence-electron chi connectivity index (χ4n) is 1.65. The van der Waals surface area contributed by atoms with Gasteiger partial charge in [0.05, 0.1) is 6.61 Å². The first kappa shape index (κ1) is 14.8. The van der Waals surface area contributed by atoms with E-state index >= 15 is 0 Å². The molecule has 0 aliphatic heterocycles. The van der Waals surface area contributed by atoms with Gasteiger partial charge in [0.1, 0.15) is 12.4 Å². The fourth-order valence-corrected chi connectivity index (χ4v) is 1.65. The van der Waals surface area contributed by atoms with Gasteiger partial charge < -0.3 is 14.8 Å². The Hall–Kier alpha value is -1.22. The van der Waals surface area contributed by atoms with Crippen LogP contribution in [0.5, 0.6) is 5.75 Å². The molecule has 0 aromatic heterocycles. The molecule has 18 heavy (non-hydrogen) atoms. The van der Waals surface area contributed by atoms with E-state index in [-0.39, 0.29) is 0 Å². The van der Waals surface area contributed by atoms with Crippen molar-refractivity contribution in [1.82, 2.24) is 0 Å². The summed E-state index contributed by atoms with van der Waals surface area (Å²) in [7, 11) is 1.67. The lowest BCUT2D eigenvalue weighted by Gasteiger charge is -2.21. The molecule has 0 amide bonds. The number of rotatable bonds is 8. The highest BCUT2D eigenvalue weighted by Gasteiger charge is 2.09. The van der Waals surface area contributed by atoms with Crippen LogP contribution in [0.3, 0.4) is 0 Å². The molecule has 0 fully saturated rings. The van der Waals surface area contributed by atoms with Gasteiger partial charge in [0, 0.05) is 18.8 Å². The van der Waals surface area contributed by atoms with Crippen molar-refractivity contribution >= 4 is 5.69 Å². The molecule has 3 heteroatoms. The van der Waals surface area contributed by atoms with Crippen molar-refractivity contribution in [2.24, 2.45) is 5.92 Å². The van der Waals surface area contributed by atoms with Gasteiger partial charge in [0.25, 0.3) is 0 Å². The van der Waals surface area contributed by atoms with Gasteiger partial charge in [-0.2, -0.15) is 0 Å². The molecule has 1 rings (SSSR count). The van der Waals surface area contributed by atoms with Crippen LogP contribution >= 0.6 is 0 Å². The van der Waals surface area contributed by atoms with Crippen LogP contribution in [0.25, 0.3) is 0 Å². The average Bonchev–Trinajstić information content (AvgIpc) is 2.40. The summed E-state index contributed by atoms with van der Waals surface area (Å²) in [5, 5.41) is 3.51. The second-order valence-electron chi connectivity index (χ2n) is 4.68. The number of hydrogen-bond acceptors (Lipinski definition) is 3. The van der Waals surface area contributed by atoms with Gasteiger partial charge in [-0.3, -0.25) is 0 Å². The van der Waals surface area contributed by atoms with E-state index in [1.165, 1.54) is 6.42 Å². The topological polar surface area (TPSA) is 30.5 Å². The van der Waals surface area contributed by atoms with Crippen LogP contribution < -0.4 is 10.1 Å². The number of anilines is 1. The van der Waals surface area contributed by atoms with Crippen molar-refractivity contribution in [3.63, 3.8) is 0 Å². The maximum atomic E-state index is 5.52. The minimum atomic E-state index is 0.482. The number of hydrogen-bond donors (Lipinski definition) is 1. The van der Waals surface area contributed by atoms with Crippen LogP contribution in [0.1, 0.15) is 27.2 Å². The second kappa shape index (κ2) is 7.98. The third kappa shape index (κ3) is 4.96. The van der Waals surface area contributed by atoms with E-state index in [1.54, 1.807) is 7.11 Å². The Balaban J connectivity index is 2.44. The van der Waals surface area contributed by atoms with Crippen molar-refractivity contribution in [2.75, 3.05) is 25.6 Å². The second-order valence-corrected chi connectivity index (χ2v) is 4.68. The number of ether oxygens (including phenoxy) is 2. The Morgan fingerprint density at radius 2 is 1.78 bits per heavy atom. The van der Waals surface area contributed by atoms with Crippen LogP contribution in [0.2, 0.25) is 0 Å². The van der Waals surface area contributed by atoms with Gasteiger partial charge in [0.2, 0.25) is 0 Å². The lowest BCUT2D eigenvalue weighted by molar-refractivity contribution is 0.146. The molecule has 0 heterocycles. The maximum absolute atomic E-state index is 5.52. The third-order valence-electron chi connectivity index (χ3n) is 3.30. The van der Waals surface area contributed by atoms with E-state index in [0.717, 1.165) is 11.4 Å². The quantitative estimate of drug-likeness (QED) is 0.717. The molecule has 0 aliphatic carbocycles. The molecule has 0 saturated carbocycles. The Bertz CT molecular complexity index is 324. The Morgan fingerprint density at radius 1 is 1.11 bits per heavy atom. The zero-order chi connectivity index (χ0) is 13.4. The molecule has 0 bridgehead atoms. The highest BCUT2D eigenvalue weighted by atomic mass is 16.5. The van der Waals surface area contributed by atoms with Gasteiger partial charge in [-0.15, -0.1) is 0 Å². The van der Waals surface area contributed by atoms with Crippen molar-refractivity contribution in [1.29, 1.82) is 0 Å². The van der Waals surface area contributed by atoms with Crippen LogP contribution in [0, 0.1) is 5.92 Å². The minimum Gasteiger partial charge on any atom is -0.491 e. The Kier molecular flexibility index (Phi) is 6.58. The average molecular weight is 251 g/mol. The molecule has 1 aromatic rings. The molecular formula is C15H25NO2. The van der Waals surface area contributed by atoms with E-state index in [4.69, 9.17) is 9.47 Å². The first-order chi connectivity index (χ1) is 8.67. The minimum absolute atomic E-state index is 0.482. The summed E-state index contributed by atoms with van der Waals surface area (Å²) < 4.78 is 10.5. The standard InChI is InChI=1S/C15H25NO2/c1-5-12(2)13(3)16-14-6-8-15(9-7-14)18-11-10-17-4/h6-9,12-13,16H,5,10-11H2,1-4H3. The SMILES string of the molecule is CCC(C)C(C)Nc1ccc(OCCOC)cc1. The lowest BCUT2D eigenvalue weighted by atomic mass is 10.0. The largest absolute Gasteiger partial charge is 0.491 e. The van der Waals surface area contributed by atoms with E-state index < -0.39 is 0 Å². The molecule has 0 aliphatic rings. The van der Waals surface area contributed by atoms with E-state index in [2.05, 4.69) is 38.2 Å². The molecule has 1 N–H and O–H groups in total. The van der Waals surface area contributed by atoms with Crippen LogP contribution in [-0.4, -0.2) is 26.4 Å². The van der Waals surface area contributed by atoms with Crippen LogP contribution in [0.4, 0.5) is 5.69 Å². The maximum Gasteiger partial charge on any atom is 0.119 e. The van der Waals surface area contributed by atoms with Crippen molar-refractivity contribution in [3.05, 3.63) is 24.3 Å². The number of nitrogens with one attached hydrogen (secondary N) is 1. The summed E-state index contributed by atoms with van der Waals surface area (Å²) in [6, 6.07) is 8.57. The number of methoxy groups -OCH3 is 1. The lowest BCUT2D eigenvalue weighted by Crippen LogP contribution is -2.23. The highest BCUT2D eigenvalue weighted by molar-refractivity contribution is 5.47.